The Balaban J connectivity index is -0.0000000536. The van der Waals surface area contributed by atoms with E-state index in [1.54, 1.807) is 0 Å². The molecule has 0 aliphatic heterocycles. The Kier molecular flexibility index (Phi) is 69.2. The summed E-state index contributed by atoms with van der Waals surface area (Å²) in [6, 6.07) is 0. The minimum Gasteiger partial charge on any atom is -0.854 e. The van der Waals surface area contributed by atoms with Crippen molar-refractivity contribution in [1.82, 2.24) is 6.15 Å². The van der Waals surface area contributed by atoms with Gasteiger partial charge in [-0.1, -0.05) is 65.7 Å². The third kappa shape index (κ3) is 62.9. The second-order valence-electron chi connectivity index (χ2n) is 4.27. The normalized spacial score (nSPS) is 8.10. The van der Waals surface area contributed by atoms with Crippen LogP contribution in [-0.2, 0) is 0 Å². The molecular formula is C15H38LiNO3. The van der Waals surface area contributed by atoms with Gasteiger partial charge in [-0.2, -0.15) is 0 Å². The van der Waals surface area contributed by atoms with Crippen LogP contribution in [0.25, 0.3) is 0 Å². The fourth-order valence-electron chi connectivity index (χ4n) is 1.08. The van der Waals surface area contributed by atoms with E-state index in [9.17, 15) is 5.11 Å². The summed E-state index contributed by atoms with van der Waals surface area (Å²) in [6.07, 6.45) is 9.77. The van der Waals surface area contributed by atoms with Crippen LogP contribution < -0.4 is 30.1 Å². The Hall–Kier alpha value is 0.437. The molecule has 5 heteroatoms. The Bertz CT molecular complexity index is 78.1. The molecule has 0 aliphatic rings. The maximum atomic E-state index is 9.69. The monoisotopic (exact) mass is 287 g/mol. The minimum absolute atomic E-state index is 0. The number of unbranched alkanes of at least 4 members (excludes halogenated alkanes) is 6. The number of aliphatic hydroxyl groups excluding tert-OH is 2. The number of aliphatic hydroxyl groups is 2. The molecule has 5 N–H and O–H groups in total. The van der Waals surface area contributed by atoms with Crippen LogP contribution in [0.5, 0.6) is 0 Å². The van der Waals surface area contributed by atoms with E-state index in [0.717, 1.165) is 44.9 Å². The molecule has 0 spiro atoms. The summed E-state index contributed by atoms with van der Waals surface area (Å²) >= 11 is 0. The van der Waals surface area contributed by atoms with Crippen molar-refractivity contribution in [2.24, 2.45) is 0 Å². The van der Waals surface area contributed by atoms with Crippen molar-refractivity contribution in [3.05, 3.63) is 0 Å². The molecular weight excluding hydrogens is 249 g/mol. The molecule has 0 radical (unpaired) electrons. The quantitative estimate of drug-likeness (QED) is 0.412. The molecule has 4 nitrogen and oxygen atoms in total. The SMILES string of the molecule is CCCCCO.CCCCCO.CCCCC[O-].N.[Li+]. The van der Waals surface area contributed by atoms with Crippen molar-refractivity contribution < 1.29 is 34.2 Å². The van der Waals surface area contributed by atoms with Gasteiger partial charge in [-0.05, 0) is 12.8 Å². The standard InChI is InChI=1S/2C5H12O.C5H11O.Li.H3N/c3*1-2-3-4-5-6;;/h2*6H,2-5H2,1H3;2-5H2,1H3;;1H3/q;;-1;+1;. The molecule has 0 aromatic rings. The van der Waals surface area contributed by atoms with Crippen LogP contribution in [0, 0.1) is 0 Å². The molecule has 122 valence electrons. The topological polar surface area (TPSA) is 98.5 Å². The van der Waals surface area contributed by atoms with Gasteiger partial charge in [0.1, 0.15) is 0 Å². The number of hydrogen-bond donors (Lipinski definition) is 3. The van der Waals surface area contributed by atoms with E-state index >= 15 is 0 Å². The van der Waals surface area contributed by atoms with E-state index in [4.69, 9.17) is 10.2 Å². The molecule has 0 aromatic heterocycles. The number of hydrogen-bond acceptors (Lipinski definition) is 4. The van der Waals surface area contributed by atoms with Crippen molar-refractivity contribution in [3.8, 4) is 0 Å². The van der Waals surface area contributed by atoms with Crippen LogP contribution in [-0.4, -0.2) is 30.0 Å². The van der Waals surface area contributed by atoms with Gasteiger partial charge in [0.15, 0.2) is 0 Å². The van der Waals surface area contributed by atoms with Gasteiger partial charge in [-0.15, -0.1) is 6.61 Å². The second-order valence-corrected chi connectivity index (χ2v) is 4.27. The first kappa shape index (κ1) is 32.4. The van der Waals surface area contributed by atoms with Crippen LogP contribution in [0.3, 0.4) is 0 Å². The van der Waals surface area contributed by atoms with Gasteiger partial charge in [0.25, 0.3) is 0 Å². The summed E-state index contributed by atoms with van der Waals surface area (Å²) in [5, 5.41) is 26.1. The zero-order chi connectivity index (χ0) is 14.5. The summed E-state index contributed by atoms with van der Waals surface area (Å²) in [4.78, 5) is 0. The minimum atomic E-state index is 0. The molecule has 0 aliphatic carbocycles. The van der Waals surface area contributed by atoms with Gasteiger partial charge in [0, 0.05) is 13.2 Å². The maximum Gasteiger partial charge on any atom is 1.00 e. The van der Waals surface area contributed by atoms with Gasteiger partial charge in [-0.3, -0.25) is 0 Å². The van der Waals surface area contributed by atoms with Crippen molar-refractivity contribution in [2.45, 2.75) is 78.6 Å². The van der Waals surface area contributed by atoms with Crippen LogP contribution in [0.15, 0.2) is 0 Å². The fraction of sp³-hybridized carbons (Fsp3) is 1.00. The Labute approximate surface area is 139 Å². The van der Waals surface area contributed by atoms with Crippen molar-refractivity contribution in [3.63, 3.8) is 0 Å². The third-order valence-electron chi connectivity index (χ3n) is 2.27. The molecule has 0 bridgehead atoms. The average Bonchev–Trinajstić information content (AvgIpc) is 2.42. The molecule has 0 saturated heterocycles. The third-order valence-corrected chi connectivity index (χ3v) is 2.27. The summed E-state index contributed by atoms with van der Waals surface area (Å²) in [5.74, 6) is 0. The molecule has 20 heavy (non-hydrogen) atoms. The first-order chi connectivity index (χ1) is 8.74. The first-order valence-corrected chi connectivity index (χ1v) is 7.54. The van der Waals surface area contributed by atoms with Crippen molar-refractivity contribution >= 4 is 0 Å². The zero-order valence-corrected chi connectivity index (χ0v) is 14.5. The molecule has 0 atom stereocenters. The van der Waals surface area contributed by atoms with Crippen LogP contribution in [0.2, 0.25) is 0 Å². The largest absolute Gasteiger partial charge is 1.00 e. The van der Waals surface area contributed by atoms with E-state index in [1.807, 2.05) is 0 Å². The summed E-state index contributed by atoms with van der Waals surface area (Å²) in [6.45, 7) is 7.15. The first-order valence-electron chi connectivity index (χ1n) is 7.54. The van der Waals surface area contributed by atoms with E-state index in [2.05, 4.69) is 20.8 Å². The summed E-state index contributed by atoms with van der Waals surface area (Å²) in [7, 11) is 0. The summed E-state index contributed by atoms with van der Waals surface area (Å²) in [5.41, 5.74) is 0. The van der Waals surface area contributed by atoms with E-state index in [-0.39, 0.29) is 31.6 Å². The molecule has 0 fully saturated rings. The fourth-order valence-corrected chi connectivity index (χ4v) is 1.08. The van der Waals surface area contributed by atoms with E-state index < -0.39 is 0 Å². The average molecular weight is 287 g/mol. The van der Waals surface area contributed by atoms with E-state index in [0.29, 0.717) is 13.2 Å². The molecule has 0 unspecified atom stereocenters. The van der Waals surface area contributed by atoms with Crippen molar-refractivity contribution in [1.29, 1.82) is 0 Å². The van der Waals surface area contributed by atoms with E-state index in [1.165, 1.54) is 12.8 Å². The second kappa shape index (κ2) is 42.7. The van der Waals surface area contributed by atoms with Crippen LogP contribution >= 0.6 is 0 Å². The summed E-state index contributed by atoms with van der Waals surface area (Å²) < 4.78 is 0. The van der Waals surface area contributed by atoms with Crippen LogP contribution in [0.4, 0.5) is 0 Å². The molecule has 0 amide bonds. The maximum absolute atomic E-state index is 9.69. The van der Waals surface area contributed by atoms with Crippen LogP contribution in [0.1, 0.15) is 78.6 Å². The molecule has 0 saturated carbocycles. The van der Waals surface area contributed by atoms with Gasteiger partial charge in [0.05, 0.1) is 0 Å². The van der Waals surface area contributed by atoms with Gasteiger partial charge in [0.2, 0.25) is 0 Å². The Morgan fingerprint density at radius 2 is 0.950 bits per heavy atom. The predicted octanol–water partition coefficient (Wildman–Crippen LogP) is 0.0407. The molecule has 0 heterocycles. The Morgan fingerprint density at radius 3 is 1.05 bits per heavy atom. The Morgan fingerprint density at radius 1 is 0.650 bits per heavy atom. The molecule has 0 aromatic carbocycles. The van der Waals surface area contributed by atoms with Crippen molar-refractivity contribution in [2.75, 3.05) is 19.8 Å². The van der Waals surface area contributed by atoms with Gasteiger partial charge >= 0.3 is 18.9 Å². The number of rotatable bonds is 9. The predicted molar refractivity (Wildman–Crippen MR) is 82.6 cm³/mol. The van der Waals surface area contributed by atoms with Gasteiger partial charge in [-0.25, -0.2) is 0 Å². The smallest absolute Gasteiger partial charge is 0.854 e. The van der Waals surface area contributed by atoms with Gasteiger partial charge < -0.3 is 21.5 Å². The zero-order valence-electron chi connectivity index (χ0n) is 14.5. The molecule has 0 rings (SSSR count).